The number of nitrogens with one attached hydrogen (secondary N) is 1. The molecule has 1 N–H and O–H groups in total. The molecule has 0 fully saturated rings. The van der Waals surface area contributed by atoms with Gasteiger partial charge in [-0.25, -0.2) is 4.98 Å². The molecule has 0 bridgehead atoms. The lowest BCUT2D eigenvalue weighted by atomic mass is 10.1. The molecule has 2 aromatic rings. The normalized spacial score (nSPS) is 12.2. The van der Waals surface area contributed by atoms with Crippen molar-refractivity contribution in [2.45, 2.75) is 40.2 Å². The molecule has 2 heterocycles. The molecule has 4 nitrogen and oxygen atoms in total. The number of thiophene rings is 1. The van der Waals surface area contributed by atoms with Crippen molar-refractivity contribution in [2.75, 3.05) is 0 Å². The third-order valence-electron chi connectivity index (χ3n) is 3.09. The van der Waals surface area contributed by atoms with Crippen LogP contribution >= 0.6 is 22.7 Å². The van der Waals surface area contributed by atoms with E-state index in [0.29, 0.717) is 4.88 Å². The predicted octanol–water partition coefficient (Wildman–Crippen LogP) is 3.44. The first-order chi connectivity index (χ1) is 9.86. The Kier molecular flexibility index (Phi) is 4.90. The zero-order valence-corrected chi connectivity index (χ0v) is 14.2. The van der Waals surface area contributed by atoms with Gasteiger partial charge in [-0.3, -0.25) is 9.59 Å². The first-order valence-corrected chi connectivity index (χ1v) is 8.38. The van der Waals surface area contributed by atoms with E-state index in [2.05, 4.69) is 10.3 Å². The molecule has 0 spiro atoms. The Balaban J connectivity index is 1.97. The van der Waals surface area contributed by atoms with Gasteiger partial charge in [0.2, 0.25) is 5.91 Å². The Morgan fingerprint density at radius 1 is 1.38 bits per heavy atom. The van der Waals surface area contributed by atoms with Crippen molar-refractivity contribution in [1.29, 1.82) is 0 Å². The molecular formula is C15H18N2O2S2. The molecule has 0 radical (unpaired) electrons. The SMILES string of the molecule is CC(=O)c1cc(CC(=O)NC(C)c2nc(C)sc2C)cs1. The second-order valence-corrected chi connectivity index (χ2v) is 7.33. The summed E-state index contributed by atoms with van der Waals surface area (Å²) in [5, 5.41) is 5.83. The van der Waals surface area contributed by atoms with Gasteiger partial charge in [0.1, 0.15) is 0 Å². The molecule has 0 saturated heterocycles. The predicted molar refractivity (Wildman–Crippen MR) is 86.2 cm³/mol. The number of aromatic nitrogens is 1. The molecule has 0 aromatic carbocycles. The average molecular weight is 322 g/mol. The molecule has 0 aliphatic rings. The molecule has 2 aromatic heterocycles. The second-order valence-electron chi connectivity index (χ2n) is 5.02. The number of carbonyl (C=O) groups excluding carboxylic acids is 2. The lowest BCUT2D eigenvalue weighted by molar-refractivity contribution is -0.121. The Bertz CT molecular complexity index is 673. The minimum atomic E-state index is -0.103. The van der Waals surface area contributed by atoms with Crippen LogP contribution in [0.25, 0.3) is 0 Å². The number of nitrogens with zero attached hydrogens (tertiary/aromatic N) is 1. The first-order valence-electron chi connectivity index (χ1n) is 6.68. The van der Waals surface area contributed by atoms with Crippen molar-refractivity contribution in [1.82, 2.24) is 10.3 Å². The highest BCUT2D eigenvalue weighted by atomic mass is 32.1. The maximum atomic E-state index is 12.1. The van der Waals surface area contributed by atoms with Gasteiger partial charge in [-0.1, -0.05) is 0 Å². The van der Waals surface area contributed by atoms with Crippen molar-refractivity contribution in [3.63, 3.8) is 0 Å². The van der Waals surface area contributed by atoms with E-state index >= 15 is 0 Å². The van der Waals surface area contributed by atoms with Gasteiger partial charge in [0, 0.05) is 4.88 Å². The molecule has 0 saturated carbocycles. The van der Waals surface area contributed by atoms with Crippen LogP contribution in [-0.4, -0.2) is 16.7 Å². The fraction of sp³-hybridized carbons (Fsp3) is 0.400. The highest BCUT2D eigenvalue weighted by Crippen LogP contribution is 2.22. The molecule has 112 valence electrons. The van der Waals surface area contributed by atoms with Crippen LogP contribution in [0.3, 0.4) is 0 Å². The largest absolute Gasteiger partial charge is 0.348 e. The van der Waals surface area contributed by atoms with Crippen molar-refractivity contribution in [3.8, 4) is 0 Å². The van der Waals surface area contributed by atoms with Crippen LogP contribution in [0.15, 0.2) is 11.4 Å². The monoisotopic (exact) mass is 322 g/mol. The smallest absolute Gasteiger partial charge is 0.224 e. The quantitative estimate of drug-likeness (QED) is 0.858. The fourth-order valence-electron chi connectivity index (χ4n) is 2.15. The standard InChI is InChI=1S/C15H18N2O2S2/c1-8(15-10(3)21-11(4)17-15)16-14(19)6-12-5-13(9(2)18)20-7-12/h5,7-8H,6H2,1-4H3,(H,16,19). The first kappa shape index (κ1) is 15.9. The molecule has 2 rings (SSSR count). The summed E-state index contributed by atoms with van der Waals surface area (Å²) in [6, 6.07) is 1.68. The molecule has 1 atom stereocenters. The number of hydrogen-bond acceptors (Lipinski definition) is 5. The number of hydrogen-bond donors (Lipinski definition) is 1. The van der Waals surface area contributed by atoms with Gasteiger partial charge in [-0.15, -0.1) is 22.7 Å². The zero-order chi connectivity index (χ0) is 15.6. The van der Waals surface area contributed by atoms with Crippen LogP contribution in [-0.2, 0) is 11.2 Å². The number of Topliss-reactive ketones (excluding diaryl/α,β-unsaturated/α-hetero) is 1. The van der Waals surface area contributed by atoms with Crippen LogP contribution in [0.1, 0.15) is 50.7 Å². The number of carbonyl (C=O) groups is 2. The molecular weight excluding hydrogens is 304 g/mol. The molecule has 0 aliphatic carbocycles. The summed E-state index contributed by atoms with van der Waals surface area (Å²) < 4.78 is 0. The van der Waals surface area contributed by atoms with Crippen LogP contribution in [0.5, 0.6) is 0 Å². The van der Waals surface area contributed by atoms with E-state index in [9.17, 15) is 9.59 Å². The molecule has 6 heteroatoms. The summed E-state index contributed by atoms with van der Waals surface area (Å²) in [5.74, 6) is -0.0194. The van der Waals surface area contributed by atoms with Gasteiger partial charge in [0.15, 0.2) is 5.78 Å². The van der Waals surface area contributed by atoms with E-state index in [0.717, 1.165) is 21.1 Å². The van der Waals surface area contributed by atoms with E-state index in [1.165, 1.54) is 18.3 Å². The Labute approximate surface area is 132 Å². The minimum absolute atomic E-state index is 0.0357. The lowest BCUT2D eigenvalue weighted by Crippen LogP contribution is -2.28. The number of aryl methyl sites for hydroxylation is 2. The number of thiazole rings is 1. The van der Waals surface area contributed by atoms with Gasteiger partial charge >= 0.3 is 0 Å². The van der Waals surface area contributed by atoms with E-state index in [1.54, 1.807) is 17.4 Å². The molecule has 1 unspecified atom stereocenters. The summed E-state index contributed by atoms with van der Waals surface area (Å²) in [6.45, 7) is 7.45. The third-order valence-corrected chi connectivity index (χ3v) is 5.07. The average Bonchev–Trinajstić information content (AvgIpc) is 2.95. The fourth-order valence-corrected chi connectivity index (χ4v) is 3.88. The van der Waals surface area contributed by atoms with Gasteiger partial charge in [0.05, 0.1) is 28.0 Å². The summed E-state index contributed by atoms with van der Waals surface area (Å²) in [5.41, 5.74) is 1.81. The van der Waals surface area contributed by atoms with Crippen LogP contribution in [0.2, 0.25) is 0 Å². The highest BCUT2D eigenvalue weighted by molar-refractivity contribution is 7.12. The number of rotatable bonds is 5. The summed E-state index contributed by atoms with van der Waals surface area (Å²) >= 11 is 3.02. The lowest BCUT2D eigenvalue weighted by Gasteiger charge is -2.12. The zero-order valence-electron chi connectivity index (χ0n) is 12.5. The van der Waals surface area contributed by atoms with Crippen LogP contribution in [0, 0.1) is 13.8 Å². The van der Waals surface area contributed by atoms with Crippen molar-refractivity contribution in [2.24, 2.45) is 0 Å². The van der Waals surface area contributed by atoms with Gasteiger partial charge < -0.3 is 5.32 Å². The molecule has 21 heavy (non-hydrogen) atoms. The van der Waals surface area contributed by atoms with Crippen molar-refractivity contribution in [3.05, 3.63) is 37.5 Å². The highest BCUT2D eigenvalue weighted by Gasteiger charge is 2.16. The van der Waals surface area contributed by atoms with Gasteiger partial charge in [-0.05, 0) is 44.7 Å². The van der Waals surface area contributed by atoms with E-state index < -0.39 is 0 Å². The van der Waals surface area contributed by atoms with E-state index in [4.69, 9.17) is 0 Å². The van der Waals surface area contributed by atoms with Crippen LogP contribution in [0.4, 0.5) is 0 Å². The molecule has 0 aliphatic heterocycles. The topological polar surface area (TPSA) is 59.1 Å². The summed E-state index contributed by atoms with van der Waals surface area (Å²) in [6.07, 6.45) is 0.288. The Morgan fingerprint density at radius 2 is 2.10 bits per heavy atom. The van der Waals surface area contributed by atoms with Crippen molar-refractivity contribution < 1.29 is 9.59 Å². The molecule has 1 amide bonds. The Morgan fingerprint density at radius 3 is 2.62 bits per heavy atom. The number of amides is 1. The van der Waals surface area contributed by atoms with Crippen molar-refractivity contribution >= 4 is 34.4 Å². The minimum Gasteiger partial charge on any atom is -0.348 e. The van der Waals surface area contributed by atoms with Gasteiger partial charge in [-0.2, -0.15) is 0 Å². The summed E-state index contributed by atoms with van der Waals surface area (Å²) in [4.78, 5) is 29.6. The Hall–Kier alpha value is -1.53. The third kappa shape index (κ3) is 3.98. The van der Waals surface area contributed by atoms with E-state index in [1.807, 2.05) is 26.2 Å². The maximum Gasteiger partial charge on any atom is 0.224 e. The van der Waals surface area contributed by atoms with E-state index in [-0.39, 0.29) is 24.2 Å². The maximum absolute atomic E-state index is 12.1. The van der Waals surface area contributed by atoms with Crippen LogP contribution < -0.4 is 5.32 Å². The second kappa shape index (κ2) is 6.49. The van der Waals surface area contributed by atoms with Gasteiger partial charge in [0.25, 0.3) is 0 Å². The summed E-state index contributed by atoms with van der Waals surface area (Å²) in [7, 11) is 0. The number of ketones is 1.